The average Bonchev–Trinajstić information content (AvgIpc) is 3.06. The lowest BCUT2D eigenvalue weighted by molar-refractivity contribution is -0.155. The second kappa shape index (κ2) is 7.11. The molecule has 5 heteroatoms. The van der Waals surface area contributed by atoms with Crippen LogP contribution in [0.4, 0.5) is 0 Å². The monoisotopic (exact) mass is 332 g/mol. The van der Waals surface area contributed by atoms with E-state index in [2.05, 4.69) is 17.0 Å². The maximum Gasteiger partial charge on any atom is 0.254 e. The van der Waals surface area contributed by atoms with E-state index in [1.165, 1.54) is 5.56 Å². The van der Waals surface area contributed by atoms with Gasteiger partial charge in [-0.05, 0) is 56.3 Å². The zero-order valence-corrected chi connectivity index (χ0v) is 14.7. The van der Waals surface area contributed by atoms with Crippen molar-refractivity contribution in [1.29, 1.82) is 0 Å². The zero-order chi connectivity index (χ0) is 17.2. The van der Waals surface area contributed by atoms with Gasteiger partial charge in [-0.1, -0.05) is 12.1 Å². The molecule has 1 aromatic carbocycles. The molecule has 0 bridgehead atoms. The molecule has 0 aromatic heterocycles. The van der Waals surface area contributed by atoms with E-state index < -0.39 is 5.60 Å². The van der Waals surface area contributed by atoms with Crippen LogP contribution in [0.3, 0.4) is 0 Å². The number of carbonyl (C=O) groups is 1. The first-order valence-corrected chi connectivity index (χ1v) is 8.83. The SMILES string of the molecule is COc1ccc(CC2CCN(C(=O)C3(O)CCN(C)CC3)C2)cc1. The number of benzene rings is 1. The maximum atomic E-state index is 12.8. The molecule has 24 heavy (non-hydrogen) atoms. The highest BCUT2D eigenvalue weighted by molar-refractivity contribution is 5.85. The van der Waals surface area contributed by atoms with E-state index >= 15 is 0 Å². The summed E-state index contributed by atoms with van der Waals surface area (Å²) in [5.41, 5.74) is 0.120. The van der Waals surface area contributed by atoms with Gasteiger partial charge in [-0.25, -0.2) is 0 Å². The van der Waals surface area contributed by atoms with Gasteiger partial charge in [-0.15, -0.1) is 0 Å². The molecule has 2 fully saturated rings. The van der Waals surface area contributed by atoms with Crippen LogP contribution in [0.2, 0.25) is 0 Å². The second-order valence-electron chi connectivity index (χ2n) is 7.29. The predicted octanol–water partition coefficient (Wildman–Crippen LogP) is 1.54. The summed E-state index contributed by atoms with van der Waals surface area (Å²) in [6.45, 7) is 3.08. The van der Waals surface area contributed by atoms with Crippen molar-refractivity contribution in [1.82, 2.24) is 9.80 Å². The van der Waals surface area contributed by atoms with Crippen LogP contribution >= 0.6 is 0 Å². The van der Waals surface area contributed by atoms with Crippen LogP contribution in [0.1, 0.15) is 24.8 Å². The Morgan fingerprint density at radius 2 is 1.92 bits per heavy atom. The van der Waals surface area contributed by atoms with E-state index in [1.54, 1.807) is 7.11 Å². The third-order valence-electron chi connectivity index (χ3n) is 5.47. The van der Waals surface area contributed by atoms with Crippen LogP contribution in [0, 0.1) is 5.92 Å². The Kier molecular flexibility index (Phi) is 5.11. The maximum absolute atomic E-state index is 12.8. The first kappa shape index (κ1) is 17.2. The minimum absolute atomic E-state index is 0.0622. The third kappa shape index (κ3) is 3.73. The van der Waals surface area contributed by atoms with Crippen molar-refractivity contribution in [3.63, 3.8) is 0 Å². The van der Waals surface area contributed by atoms with E-state index in [1.807, 2.05) is 24.1 Å². The molecule has 0 spiro atoms. The van der Waals surface area contributed by atoms with Gasteiger partial charge < -0.3 is 19.6 Å². The van der Waals surface area contributed by atoms with Crippen molar-refractivity contribution in [2.45, 2.75) is 31.3 Å². The Balaban J connectivity index is 1.55. The van der Waals surface area contributed by atoms with E-state index in [0.29, 0.717) is 18.8 Å². The summed E-state index contributed by atoms with van der Waals surface area (Å²) in [6.07, 6.45) is 3.06. The standard InChI is InChI=1S/C19H28N2O3/c1-20-11-8-19(23,9-12-20)18(22)21-10-7-16(14-21)13-15-3-5-17(24-2)6-4-15/h3-6,16,23H,7-14H2,1-2H3. The molecule has 2 aliphatic heterocycles. The highest BCUT2D eigenvalue weighted by atomic mass is 16.5. The number of nitrogens with zero attached hydrogens (tertiary/aromatic N) is 2. The molecule has 1 atom stereocenters. The topological polar surface area (TPSA) is 53.0 Å². The number of aliphatic hydroxyl groups is 1. The zero-order valence-electron chi connectivity index (χ0n) is 14.7. The first-order chi connectivity index (χ1) is 11.5. The fourth-order valence-electron chi connectivity index (χ4n) is 3.78. The van der Waals surface area contributed by atoms with E-state index in [4.69, 9.17) is 4.74 Å². The second-order valence-corrected chi connectivity index (χ2v) is 7.29. The molecule has 5 nitrogen and oxygen atoms in total. The minimum atomic E-state index is -1.15. The number of hydrogen-bond donors (Lipinski definition) is 1. The Morgan fingerprint density at radius 3 is 2.54 bits per heavy atom. The molecule has 0 radical (unpaired) electrons. The molecule has 1 N–H and O–H groups in total. The molecule has 2 aliphatic rings. The van der Waals surface area contributed by atoms with E-state index in [9.17, 15) is 9.90 Å². The molecule has 1 aromatic rings. The Bertz CT molecular complexity index is 564. The highest BCUT2D eigenvalue weighted by Crippen LogP contribution is 2.28. The average molecular weight is 332 g/mol. The summed E-state index contributed by atoms with van der Waals surface area (Å²) in [4.78, 5) is 16.8. The van der Waals surface area contributed by atoms with Crippen LogP contribution < -0.4 is 4.74 Å². The van der Waals surface area contributed by atoms with Crippen molar-refractivity contribution < 1.29 is 14.6 Å². The van der Waals surface area contributed by atoms with Gasteiger partial charge in [-0.2, -0.15) is 0 Å². The molecule has 3 rings (SSSR count). The highest BCUT2D eigenvalue weighted by Gasteiger charge is 2.42. The summed E-state index contributed by atoms with van der Waals surface area (Å²) >= 11 is 0. The molecule has 1 amide bonds. The molecular formula is C19H28N2O3. The first-order valence-electron chi connectivity index (χ1n) is 8.83. The number of rotatable bonds is 4. The molecule has 0 aliphatic carbocycles. The van der Waals surface area contributed by atoms with Gasteiger partial charge in [0, 0.05) is 26.2 Å². The van der Waals surface area contributed by atoms with Crippen molar-refractivity contribution in [2.75, 3.05) is 40.3 Å². The van der Waals surface area contributed by atoms with Crippen LogP contribution in [0.15, 0.2) is 24.3 Å². The number of amides is 1. The van der Waals surface area contributed by atoms with Crippen LogP contribution in [0.5, 0.6) is 5.75 Å². The van der Waals surface area contributed by atoms with Crippen LogP contribution in [-0.2, 0) is 11.2 Å². The van der Waals surface area contributed by atoms with Gasteiger partial charge in [-0.3, -0.25) is 4.79 Å². The third-order valence-corrected chi connectivity index (χ3v) is 5.47. The van der Waals surface area contributed by atoms with Crippen molar-refractivity contribution in [3.05, 3.63) is 29.8 Å². The van der Waals surface area contributed by atoms with Gasteiger partial charge in [0.2, 0.25) is 0 Å². The Hall–Kier alpha value is -1.59. The number of piperidine rings is 1. The van der Waals surface area contributed by atoms with Crippen LogP contribution in [0.25, 0.3) is 0 Å². The molecule has 0 saturated carbocycles. The predicted molar refractivity (Wildman–Crippen MR) is 93.1 cm³/mol. The van der Waals surface area contributed by atoms with Gasteiger partial charge in [0.15, 0.2) is 0 Å². The lowest BCUT2D eigenvalue weighted by atomic mass is 9.90. The number of hydrogen-bond acceptors (Lipinski definition) is 4. The lowest BCUT2D eigenvalue weighted by Gasteiger charge is -2.37. The van der Waals surface area contributed by atoms with E-state index in [-0.39, 0.29) is 5.91 Å². The lowest BCUT2D eigenvalue weighted by Crippen LogP contribution is -2.53. The number of methoxy groups -OCH3 is 1. The summed E-state index contributed by atoms with van der Waals surface area (Å²) in [7, 11) is 3.70. The van der Waals surface area contributed by atoms with Gasteiger partial charge >= 0.3 is 0 Å². The normalized spacial score (nSPS) is 24.1. The van der Waals surface area contributed by atoms with Crippen molar-refractivity contribution in [2.24, 2.45) is 5.92 Å². The largest absolute Gasteiger partial charge is 0.497 e. The fourth-order valence-corrected chi connectivity index (χ4v) is 3.78. The fraction of sp³-hybridized carbons (Fsp3) is 0.632. The molecule has 2 saturated heterocycles. The smallest absolute Gasteiger partial charge is 0.254 e. The summed E-state index contributed by atoms with van der Waals surface area (Å²) < 4.78 is 5.19. The number of ether oxygens (including phenoxy) is 1. The summed E-state index contributed by atoms with van der Waals surface area (Å²) in [6, 6.07) is 8.14. The molecule has 1 unspecified atom stereocenters. The number of likely N-dealkylation sites (tertiary alicyclic amines) is 2. The number of carbonyl (C=O) groups excluding carboxylic acids is 1. The van der Waals surface area contributed by atoms with Gasteiger partial charge in [0.05, 0.1) is 7.11 Å². The quantitative estimate of drug-likeness (QED) is 0.909. The molecule has 2 heterocycles. The van der Waals surface area contributed by atoms with E-state index in [0.717, 1.165) is 44.8 Å². The Labute approximate surface area is 144 Å². The van der Waals surface area contributed by atoms with Crippen molar-refractivity contribution in [3.8, 4) is 5.75 Å². The molecular weight excluding hydrogens is 304 g/mol. The summed E-state index contributed by atoms with van der Waals surface area (Å²) in [5, 5.41) is 10.7. The Morgan fingerprint density at radius 1 is 1.25 bits per heavy atom. The minimum Gasteiger partial charge on any atom is -0.497 e. The summed E-state index contributed by atoms with van der Waals surface area (Å²) in [5.74, 6) is 1.27. The van der Waals surface area contributed by atoms with Crippen molar-refractivity contribution >= 4 is 5.91 Å². The molecule has 132 valence electrons. The van der Waals surface area contributed by atoms with Gasteiger partial charge in [0.1, 0.15) is 11.4 Å². The van der Waals surface area contributed by atoms with Crippen LogP contribution in [-0.4, -0.2) is 66.8 Å². The van der Waals surface area contributed by atoms with Gasteiger partial charge in [0.25, 0.3) is 5.91 Å².